The molecule has 0 N–H and O–H groups in total. The van der Waals surface area contributed by atoms with Crippen LogP contribution >= 0.6 is 0 Å². The molecule has 2 fully saturated rings. The van der Waals surface area contributed by atoms with Gasteiger partial charge in [-0.3, -0.25) is 9.69 Å². The van der Waals surface area contributed by atoms with Crippen LogP contribution in [0, 0.1) is 22.7 Å². The Balaban J connectivity index is 1.29. The Morgan fingerprint density at radius 3 is 2.42 bits per heavy atom. The monoisotopic (exact) mass is 445 g/mol. The van der Waals surface area contributed by atoms with Gasteiger partial charge in [-0.25, -0.2) is 0 Å². The van der Waals surface area contributed by atoms with Crippen molar-refractivity contribution in [1.29, 1.82) is 5.26 Å². The van der Waals surface area contributed by atoms with Crippen molar-refractivity contribution < 1.29 is 9.53 Å². The lowest BCUT2D eigenvalue weighted by atomic mass is 9.71. The van der Waals surface area contributed by atoms with E-state index in [1.807, 2.05) is 11.0 Å². The number of carbonyl (C=O) groups excluding carboxylic acids is 1. The van der Waals surface area contributed by atoms with E-state index in [1.54, 1.807) is 18.2 Å². The number of nitriles is 1. The van der Waals surface area contributed by atoms with E-state index in [-0.39, 0.29) is 5.91 Å². The van der Waals surface area contributed by atoms with Gasteiger partial charge in [-0.1, -0.05) is 38.1 Å². The third kappa shape index (κ3) is 5.75. The Bertz CT molecular complexity index is 992. The average molecular weight is 446 g/mol. The van der Waals surface area contributed by atoms with E-state index in [0.29, 0.717) is 22.5 Å². The van der Waals surface area contributed by atoms with E-state index < -0.39 is 0 Å². The van der Waals surface area contributed by atoms with Gasteiger partial charge in [0.2, 0.25) is 0 Å². The highest BCUT2D eigenvalue weighted by atomic mass is 16.5. The van der Waals surface area contributed by atoms with Gasteiger partial charge in [-0.15, -0.1) is 0 Å². The van der Waals surface area contributed by atoms with Gasteiger partial charge in [0.05, 0.1) is 18.2 Å². The first-order valence-electron chi connectivity index (χ1n) is 12.2. The SMILES string of the molecule is CC(C)COc1ccccc1CN1CCC2(CC1)CCN(C(=O)c1cccc(C#N)c1)CC2. The number of ether oxygens (including phenoxy) is 1. The molecule has 0 radical (unpaired) electrons. The van der Waals surface area contributed by atoms with E-state index in [2.05, 4.69) is 49.1 Å². The first-order valence-corrected chi connectivity index (χ1v) is 12.2. The highest BCUT2D eigenvalue weighted by molar-refractivity contribution is 5.94. The summed E-state index contributed by atoms with van der Waals surface area (Å²) < 4.78 is 6.05. The second-order valence-electron chi connectivity index (χ2n) is 10.1. The standard InChI is InChI=1S/C28H35N3O2/c1-22(2)21-33-26-9-4-3-7-25(26)20-30-14-10-28(11-15-30)12-16-31(17-13-28)27(32)24-8-5-6-23(18-24)19-29/h3-9,18,22H,10-17,20-21H2,1-2H3. The normalized spacial score (nSPS) is 18.3. The van der Waals surface area contributed by atoms with Gasteiger partial charge in [-0.2, -0.15) is 5.26 Å². The van der Waals surface area contributed by atoms with Crippen molar-refractivity contribution in [3.63, 3.8) is 0 Å². The molecule has 174 valence electrons. The number of piperidine rings is 2. The van der Waals surface area contributed by atoms with Gasteiger partial charge >= 0.3 is 0 Å². The molecular weight excluding hydrogens is 410 g/mol. The Morgan fingerprint density at radius 1 is 1.03 bits per heavy atom. The van der Waals surface area contributed by atoms with Crippen LogP contribution in [-0.4, -0.2) is 48.5 Å². The lowest BCUT2D eigenvalue weighted by molar-refractivity contribution is 0.0283. The molecule has 2 heterocycles. The molecule has 2 aliphatic heterocycles. The van der Waals surface area contributed by atoms with E-state index in [0.717, 1.165) is 57.9 Å². The number of hydrogen-bond acceptors (Lipinski definition) is 4. The third-order valence-electron chi connectivity index (χ3n) is 7.21. The van der Waals surface area contributed by atoms with Gasteiger partial charge in [0.1, 0.15) is 5.75 Å². The molecule has 0 aromatic heterocycles. The van der Waals surface area contributed by atoms with Crippen molar-refractivity contribution in [2.24, 2.45) is 11.3 Å². The van der Waals surface area contributed by atoms with Gasteiger partial charge in [0.25, 0.3) is 5.91 Å². The van der Waals surface area contributed by atoms with Crippen molar-refractivity contribution >= 4 is 5.91 Å². The smallest absolute Gasteiger partial charge is 0.253 e. The molecule has 4 rings (SSSR count). The first-order chi connectivity index (χ1) is 16.0. The molecule has 1 spiro atoms. The van der Waals surface area contributed by atoms with E-state index in [4.69, 9.17) is 10.00 Å². The zero-order valence-corrected chi connectivity index (χ0v) is 19.9. The first kappa shape index (κ1) is 23.3. The summed E-state index contributed by atoms with van der Waals surface area (Å²) in [6.07, 6.45) is 4.51. The van der Waals surface area contributed by atoms with Crippen molar-refractivity contribution in [3.05, 3.63) is 65.2 Å². The van der Waals surface area contributed by atoms with Crippen LogP contribution in [-0.2, 0) is 6.54 Å². The highest BCUT2D eigenvalue weighted by Gasteiger charge is 2.38. The molecule has 2 aromatic rings. The summed E-state index contributed by atoms with van der Waals surface area (Å²) in [5.41, 5.74) is 2.79. The lowest BCUT2D eigenvalue weighted by Crippen LogP contribution is -2.48. The molecule has 0 unspecified atom stereocenters. The molecule has 0 saturated carbocycles. The maximum Gasteiger partial charge on any atom is 0.253 e. The Morgan fingerprint density at radius 2 is 1.73 bits per heavy atom. The largest absolute Gasteiger partial charge is 0.493 e. The van der Waals surface area contributed by atoms with Crippen molar-refractivity contribution in [2.75, 3.05) is 32.8 Å². The molecule has 0 aliphatic carbocycles. The maximum atomic E-state index is 12.9. The minimum Gasteiger partial charge on any atom is -0.493 e. The fraction of sp³-hybridized carbons (Fsp3) is 0.500. The number of hydrogen-bond donors (Lipinski definition) is 0. The number of amides is 1. The van der Waals surface area contributed by atoms with E-state index in [9.17, 15) is 4.79 Å². The van der Waals surface area contributed by atoms with Crippen LogP contribution in [0.3, 0.4) is 0 Å². The Kier molecular flexibility index (Phi) is 7.35. The summed E-state index contributed by atoms with van der Waals surface area (Å²) in [6, 6.07) is 17.6. The summed E-state index contributed by atoms with van der Waals surface area (Å²) in [7, 11) is 0. The van der Waals surface area contributed by atoms with Gasteiger partial charge < -0.3 is 9.64 Å². The maximum absolute atomic E-state index is 12.9. The summed E-state index contributed by atoms with van der Waals surface area (Å²) in [5, 5.41) is 9.11. The minimum atomic E-state index is 0.0531. The number of para-hydroxylation sites is 1. The topological polar surface area (TPSA) is 56.6 Å². The Hall–Kier alpha value is -2.84. The molecule has 2 aliphatic rings. The predicted molar refractivity (Wildman–Crippen MR) is 130 cm³/mol. The van der Waals surface area contributed by atoms with Crippen molar-refractivity contribution in [1.82, 2.24) is 9.80 Å². The molecule has 2 aromatic carbocycles. The van der Waals surface area contributed by atoms with Crippen LogP contribution in [0.15, 0.2) is 48.5 Å². The molecule has 1 amide bonds. The fourth-order valence-electron chi connectivity index (χ4n) is 5.05. The molecule has 5 heteroatoms. The predicted octanol–water partition coefficient (Wildman–Crippen LogP) is 5.11. The second-order valence-corrected chi connectivity index (χ2v) is 10.1. The average Bonchev–Trinajstić information content (AvgIpc) is 2.85. The van der Waals surface area contributed by atoms with Crippen LogP contribution in [0.4, 0.5) is 0 Å². The van der Waals surface area contributed by atoms with Crippen molar-refractivity contribution in [2.45, 2.75) is 46.1 Å². The van der Waals surface area contributed by atoms with E-state index in [1.165, 1.54) is 18.4 Å². The summed E-state index contributed by atoms with van der Waals surface area (Å²) in [5.74, 6) is 1.58. The molecule has 2 saturated heterocycles. The van der Waals surface area contributed by atoms with Crippen LogP contribution in [0.25, 0.3) is 0 Å². The van der Waals surface area contributed by atoms with Crippen LogP contribution in [0.5, 0.6) is 5.75 Å². The Labute approximate surface area is 198 Å². The van der Waals surface area contributed by atoms with E-state index >= 15 is 0 Å². The zero-order valence-electron chi connectivity index (χ0n) is 19.9. The third-order valence-corrected chi connectivity index (χ3v) is 7.21. The number of rotatable bonds is 6. The molecular formula is C28H35N3O2. The van der Waals surface area contributed by atoms with Crippen LogP contribution in [0.1, 0.15) is 61.0 Å². The molecule has 33 heavy (non-hydrogen) atoms. The summed E-state index contributed by atoms with van der Waals surface area (Å²) >= 11 is 0. The summed E-state index contributed by atoms with van der Waals surface area (Å²) in [4.78, 5) is 17.4. The quantitative estimate of drug-likeness (QED) is 0.620. The summed E-state index contributed by atoms with van der Waals surface area (Å²) in [6.45, 7) is 9.83. The molecule has 0 atom stereocenters. The van der Waals surface area contributed by atoms with Crippen molar-refractivity contribution in [3.8, 4) is 11.8 Å². The van der Waals surface area contributed by atoms with Gasteiger partial charge in [0, 0.05) is 30.8 Å². The van der Waals surface area contributed by atoms with Gasteiger partial charge in [0.15, 0.2) is 0 Å². The number of carbonyl (C=O) groups is 1. The van der Waals surface area contributed by atoms with Crippen LogP contribution < -0.4 is 4.74 Å². The second kappa shape index (κ2) is 10.4. The zero-order chi connectivity index (χ0) is 23.3. The van der Waals surface area contributed by atoms with Crippen LogP contribution in [0.2, 0.25) is 0 Å². The lowest BCUT2D eigenvalue weighted by Gasteiger charge is -2.47. The minimum absolute atomic E-state index is 0.0531. The number of benzene rings is 2. The van der Waals surface area contributed by atoms with Gasteiger partial charge in [-0.05, 0) is 74.4 Å². The molecule has 5 nitrogen and oxygen atoms in total. The highest BCUT2D eigenvalue weighted by Crippen LogP contribution is 2.42. The number of nitrogens with zero attached hydrogens (tertiary/aromatic N) is 3. The fourth-order valence-corrected chi connectivity index (χ4v) is 5.05. The number of likely N-dealkylation sites (tertiary alicyclic amines) is 2. The molecule has 0 bridgehead atoms.